The summed E-state index contributed by atoms with van der Waals surface area (Å²) in [6.07, 6.45) is 0. The molecule has 0 aliphatic rings. The Morgan fingerprint density at radius 2 is 1.92 bits per heavy atom. The van der Waals surface area contributed by atoms with Crippen molar-refractivity contribution in [2.75, 3.05) is 6.54 Å². The zero-order valence-corrected chi connectivity index (χ0v) is 13.8. The fourth-order valence-corrected chi connectivity index (χ4v) is 2.13. The van der Waals surface area contributed by atoms with Gasteiger partial charge in [-0.2, -0.15) is 0 Å². The van der Waals surface area contributed by atoms with Crippen molar-refractivity contribution in [1.82, 2.24) is 5.32 Å². The van der Waals surface area contributed by atoms with E-state index in [9.17, 15) is 9.59 Å². The first-order valence-electron chi connectivity index (χ1n) is 7.75. The van der Waals surface area contributed by atoms with Gasteiger partial charge in [-0.25, -0.2) is 0 Å². The molecule has 0 fully saturated rings. The number of carbonyl (C=O) groups is 2. The summed E-state index contributed by atoms with van der Waals surface area (Å²) >= 11 is 0. The number of carboxylic acids is 1. The van der Waals surface area contributed by atoms with Crippen LogP contribution in [0.2, 0.25) is 0 Å². The number of nitrogens with one attached hydrogen (secondary N) is 1. The standard InChI is InChI=1S/C19H21NO4/c1-13-5-3-6-15(9-13)12-24-17-8-4-7-16(10-17)18(21)20-11-14(2)19(22)23/h3-10,14H,11-12H2,1-2H3,(H,20,21)(H,22,23). The Morgan fingerprint density at radius 3 is 2.62 bits per heavy atom. The summed E-state index contributed by atoms with van der Waals surface area (Å²) in [4.78, 5) is 22.9. The lowest BCUT2D eigenvalue weighted by Gasteiger charge is -2.10. The van der Waals surface area contributed by atoms with Crippen LogP contribution in [0.5, 0.6) is 5.75 Å². The highest BCUT2D eigenvalue weighted by atomic mass is 16.5. The van der Waals surface area contributed by atoms with Gasteiger partial charge in [0.05, 0.1) is 5.92 Å². The number of ether oxygens (including phenoxy) is 1. The molecule has 1 amide bonds. The van der Waals surface area contributed by atoms with Crippen molar-refractivity contribution in [3.05, 3.63) is 65.2 Å². The van der Waals surface area contributed by atoms with E-state index in [2.05, 4.69) is 5.32 Å². The molecule has 5 nitrogen and oxygen atoms in total. The average molecular weight is 327 g/mol. The Balaban J connectivity index is 1.95. The molecule has 0 radical (unpaired) electrons. The van der Waals surface area contributed by atoms with Gasteiger partial charge < -0.3 is 15.2 Å². The molecule has 5 heteroatoms. The van der Waals surface area contributed by atoms with Crippen molar-refractivity contribution in [3.8, 4) is 5.75 Å². The normalized spacial score (nSPS) is 11.6. The third kappa shape index (κ3) is 5.12. The van der Waals surface area contributed by atoms with E-state index < -0.39 is 11.9 Å². The van der Waals surface area contributed by atoms with Gasteiger partial charge in [0.25, 0.3) is 5.91 Å². The molecule has 2 aromatic rings. The molecule has 2 aromatic carbocycles. The summed E-state index contributed by atoms with van der Waals surface area (Å²) in [5.41, 5.74) is 2.66. The quantitative estimate of drug-likeness (QED) is 0.819. The lowest BCUT2D eigenvalue weighted by Crippen LogP contribution is -2.31. The Hall–Kier alpha value is -2.82. The minimum absolute atomic E-state index is 0.0859. The van der Waals surface area contributed by atoms with Crippen LogP contribution in [0.4, 0.5) is 0 Å². The van der Waals surface area contributed by atoms with E-state index in [1.54, 1.807) is 31.2 Å². The van der Waals surface area contributed by atoms with Crippen molar-refractivity contribution in [3.63, 3.8) is 0 Å². The van der Waals surface area contributed by atoms with E-state index in [0.717, 1.165) is 11.1 Å². The first kappa shape index (κ1) is 17.5. The third-order valence-electron chi connectivity index (χ3n) is 3.57. The summed E-state index contributed by atoms with van der Waals surface area (Å²) in [7, 11) is 0. The van der Waals surface area contributed by atoms with E-state index in [4.69, 9.17) is 9.84 Å². The monoisotopic (exact) mass is 327 g/mol. The van der Waals surface area contributed by atoms with Gasteiger partial charge in [-0.3, -0.25) is 9.59 Å². The highest BCUT2D eigenvalue weighted by molar-refractivity contribution is 5.94. The topological polar surface area (TPSA) is 75.6 Å². The van der Waals surface area contributed by atoms with Gasteiger partial charge in [-0.15, -0.1) is 0 Å². The van der Waals surface area contributed by atoms with Crippen molar-refractivity contribution >= 4 is 11.9 Å². The molecule has 0 saturated carbocycles. The minimum atomic E-state index is -0.939. The summed E-state index contributed by atoms with van der Waals surface area (Å²) in [6, 6.07) is 14.9. The molecular formula is C19H21NO4. The van der Waals surface area contributed by atoms with Crippen LogP contribution < -0.4 is 10.1 Å². The Kier molecular flexibility index (Phi) is 5.95. The maximum Gasteiger partial charge on any atom is 0.308 e. The highest BCUT2D eigenvalue weighted by Gasteiger charge is 2.13. The molecule has 1 unspecified atom stereocenters. The first-order valence-corrected chi connectivity index (χ1v) is 7.75. The molecule has 0 aliphatic heterocycles. The van der Waals surface area contributed by atoms with Gasteiger partial charge in [0, 0.05) is 12.1 Å². The number of amides is 1. The van der Waals surface area contributed by atoms with Crippen LogP contribution in [-0.2, 0) is 11.4 Å². The Labute approximate surface area is 141 Å². The zero-order chi connectivity index (χ0) is 17.5. The summed E-state index contributed by atoms with van der Waals surface area (Å²) in [5.74, 6) is -1.29. The fraction of sp³-hybridized carbons (Fsp3) is 0.263. The number of carbonyl (C=O) groups excluding carboxylic acids is 1. The van der Waals surface area contributed by atoms with Crippen LogP contribution >= 0.6 is 0 Å². The van der Waals surface area contributed by atoms with E-state index in [-0.39, 0.29) is 12.5 Å². The number of aliphatic carboxylic acids is 1. The fourth-order valence-electron chi connectivity index (χ4n) is 2.13. The molecule has 0 aromatic heterocycles. The van der Waals surface area contributed by atoms with Crippen molar-refractivity contribution in [2.24, 2.45) is 5.92 Å². The Morgan fingerprint density at radius 1 is 1.17 bits per heavy atom. The Bertz CT molecular complexity index is 727. The van der Waals surface area contributed by atoms with Crippen molar-refractivity contribution in [2.45, 2.75) is 20.5 Å². The summed E-state index contributed by atoms with van der Waals surface area (Å²) in [5, 5.41) is 11.4. The van der Waals surface area contributed by atoms with Gasteiger partial charge in [0.1, 0.15) is 12.4 Å². The number of hydrogen-bond acceptors (Lipinski definition) is 3. The molecule has 2 N–H and O–H groups in total. The molecule has 0 spiro atoms. The lowest BCUT2D eigenvalue weighted by molar-refractivity contribution is -0.140. The van der Waals surface area contributed by atoms with Crippen molar-refractivity contribution in [1.29, 1.82) is 0 Å². The van der Waals surface area contributed by atoms with Crippen LogP contribution in [0.15, 0.2) is 48.5 Å². The third-order valence-corrected chi connectivity index (χ3v) is 3.57. The van der Waals surface area contributed by atoms with E-state index in [1.165, 1.54) is 0 Å². The van der Waals surface area contributed by atoms with Gasteiger partial charge in [0.2, 0.25) is 0 Å². The van der Waals surface area contributed by atoms with Gasteiger partial charge >= 0.3 is 5.97 Å². The maximum absolute atomic E-state index is 12.1. The predicted octanol–water partition coefficient (Wildman–Crippen LogP) is 3.02. The van der Waals surface area contributed by atoms with Gasteiger partial charge in [-0.05, 0) is 30.7 Å². The number of carboxylic acid groups (broad SMARTS) is 1. The molecule has 2 rings (SSSR count). The van der Waals surface area contributed by atoms with Crippen LogP contribution in [0.25, 0.3) is 0 Å². The molecule has 0 bridgehead atoms. The van der Waals surface area contributed by atoms with Gasteiger partial charge in [0.15, 0.2) is 0 Å². The van der Waals surface area contributed by atoms with Crippen LogP contribution in [0.1, 0.15) is 28.4 Å². The average Bonchev–Trinajstić information content (AvgIpc) is 2.57. The second kappa shape index (κ2) is 8.15. The number of hydrogen-bond donors (Lipinski definition) is 2. The first-order chi connectivity index (χ1) is 11.5. The number of benzene rings is 2. The summed E-state index contributed by atoms with van der Waals surface area (Å²) in [6.45, 7) is 4.07. The molecule has 126 valence electrons. The SMILES string of the molecule is Cc1cccc(COc2cccc(C(=O)NCC(C)C(=O)O)c2)c1. The lowest BCUT2D eigenvalue weighted by atomic mass is 10.1. The van der Waals surface area contributed by atoms with Gasteiger partial charge in [-0.1, -0.05) is 42.8 Å². The molecule has 0 heterocycles. The maximum atomic E-state index is 12.1. The van der Waals surface area contributed by atoms with Crippen LogP contribution in [-0.4, -0.2) is 23.5 Å². The number of rotatable bonds is 7. The van der Waals surface area contributed by atoms with Crippen molar-refractivity contribution < 1.29 is 19.4 Å². The second-order valence-corrected chi connectivity index (χ2v) is 5.75. The predicted molar refractivity (Wildman–Crippen MR) is 91.1 cm³/mol. The zero-order valence-electron chi connectivity index (χ0n) is 13.8. The van der Waals surface area contributed by atoms with E-state index in [1.807, 2.05) is 31.2 Å². The van der Waals surface area contributed by atoms with E-state index in [0.29, 0.717) is 17.9 Å². The molecule has 0 saturated heterocycles. The molecule has 1 atom stereocenters. The highest BCUT2D eigenvalue weighted by Crippen LogP contribution is 2.16. The summed E-state index contributed by atoms with van der Waals surface area (Å²) < 4.78 is 5.73. The number of aryl methyl sites for hydroxylation is 1. The van der Waals surface area contributed by atoms with Crippen LogP contribution in [0.3, 0.4) is 0 Å². The van der Waals surface area contributed by atoms with Crippen LogP contribution in [0, 0.1) is 12.8 Å². The second-order valence-electron chi connectivity index (χ2n) is 5.75. The minimum Gasteiger partial charge on any atom is -0.489 e. The molecule has 0 aliphatic carbocycles. The smallest absolute Gasteiger partial charge is 0.308 e. The molecular weight excluding hydrogens is 306 g/mol. The molecule has 24 heavy (non-hydrogen) atoms. The largest absolute Gasteiger partial charge is 0.489 e. The van der Waals surface area contributed by atoms with E-state index >= 15 is 0 Å².